The predicted molar refractivity (Wildman–Crippen MR) is 144 cm³/mol. The third kappa shape index (κ3) is 13.1. The molecule has 1 aromatic rings. The van der Waals surface area contributed by atoms with Crippen molar-refractivity contribution >= 4 is 47.0 Å². The highest BCUT2D eigenvalue weighted by atomic mass is 35.5. The Labute approximate surface area is 233 Å². The molecule has 0 fully saturated rings. The first kappa shape index (κ1) is 33.2. The summed E-state index contributed by atoms with van der Waals surface area (Å²) >= 11 is 11.4. The van der Waals surface area contributed by atoms with Crippen LogP contribution in [0.2, 0.25) is 0 Å². The van der Waals surface area contributed by atoms with Gasteiger partial charge in [0.25, 0.3) is 5.69 Å². The molecule has 0 heterocycles. The van der Waals surface area contributed by atoms with Crippen LogP contribution in [-0.4, -0.2) is 70.1 Å². The van der Waals surface area contributed by atoms with E-state index in [0.717, 1.165) is 0 Å². The Morgan fingerprint density at radius 3 is 2.11 bits per heavy atom. The smallest absolute Gasteiger partial charge is 0.410 e. The number of benzene rings is 1. The van der Waals surface area contributed by atoms with Crippen molar-refractivity contribution in [3.63, 3.8) is 0 Å². The molecule has 0 spiro atoms. The number of alkyl halides is 2. The summed E-state index contributed by atoms with van der Waals surface area (Å²) in [5.74, 6) is -0.181. The first-order valence-corrected chi connectivity index (χ1v) is 13.1. The van der Waals surface area contributed by atoms with Gasteiger partial charge in [-0.05, 0) is 59.2 Å². The van der Waals surface area contributed by atoms with Crippen molar-refractivity contribution in [3.05, 3.63) is 39.4 Å². The van der Waals surface area contributed by atoms with E-state index in [4.69, 9.17) is 37.4 Å². The second-order valence-electron chi connectivity index (χ2n) is 10.5. The highest BCUT2D eigenvalue weighted by molar-refractivity contribution is 6.18. The van der Waals surface area contributed by atoms with E-state index in [-0.39, 0.29) is 55.5 Å². The van der Waals surface area contributed by atoms with Crippen molar-refractivity contribution < 1.29 is 33.5 Å². The second kappa shape index (κ2) is 15.0. The monoisotopic (exact) mass is 577 g/mol. The normalized spacial score (nSPS) is 12.3. The Hall–Kier alpha value is -2.79. The molecule has 1 unspecified atom stereocenters. The molecule has 2 amide bonds. The lowest BCUT2D eigenvalue weighted by atomic mass is 9.99. The second-order valence-corrected chi connectivity index (χ2v) is 11.2. The summed E-state index contributed by atoms with van der Waals surface area (Å²) in [6.45, 7) is 10.5. The van der Waals surface area contributed by atoms with Gasteiger partial charge in [-0.3, -0.25) is 14.9 Å². The maximum atomic E-state index is 12.5. The van der Waals surface area contributed by atoms with Gasteiger partial charge < -0.3 is 24.4 Å². The van der Waals surface area contributed by atoms with E-state index in [1.54, 1.807) is 41.5 Å². The average molecular weight is 578 g/mol. The molecule has 1 aromatic carbocycles. The third-order valence-electron chi connectivity index (χ3n) is 4.69. The lowest BCUT2D eigenvalue weighted by Gasteiger charge is -2.25. The molecule has 11 nitrogen and oxygen atoms in total. The molecule has 0 aliphatic rings. The van der Waals surface area contributed by atoms with Gasteiger partial charge in [-0.25, -0.2) is 9.59 Å². The van der Waals surface area contributed by atoms with E-state index in [0.29, 0.717) is 5.56 Å². The molecule has 0 aliphatic heterocycles. The number of nitrogens with one attached hydrogen (secondary N) is 1. The zero-order valence-corrected chi connectivity index (χ0v) is 24.2. The zero-order chi connectivity index (χ0) is 29.1. The molecule has 13 heteroatoms. The first-order valence-electron chi connectivity index (χ1n) is 12.1. The number of ether oxygens (including phenoxy) is 3. The zero-order valence-electron chi connectivity index (χ0n) is 22.7. The Kier molecular flexibility index (Phi) is 13.1. The number of hydrogen-bond acceptors (Lipinski definition) is 8. The van der Waals surface area contributed by atoms with Crippen LogP contribution in [0.5, 0.6) is 0 Å². The Balaban J connectivity index is 3.18. The molecule has 0 aromatic heterocycles. The van der Waals surface area contributed by atoms with Gasteiger partial charge in [0.1, 0.15) is 17.8 Å². The Morgan fingerprint density at radius 1 is 1.03 bits per heavy atom. The Bertz CT molecular complexity index is 940. The molecule has 0 radical (unpaired) electrons. The van der Waals surface area contributed by atoms with Gasteiger partial charge in [0.05, 0.1) is 11.3 Å². The van der Waals surface area contributed by atoms with Gasteiger partial charge in [0, 0.05) is 48.9 Å². The number of nitro benzene ring substituents is 1. The van der Waals surface area contributed by atoms with Gasteiger partial charge in [-0.1, -0.05) is 0 Å². The molecule has 38 heavy (non-hydrogen) atoms. The van der Waals surface area contributed by atoms with Crippen molar-refractivity contribution in [1.29, 1.82) is 0 Å². The van der Waals surface area contributed by atoms with Gasteiger partial charge in [0.15, 0.2) is 0 Å². The number of carbonyl (C=O) groups is 3. The number of halogens is 2. The summed E-state index contributed by atoms with van der Waals surface area (Å²) < 4.78 is 16.0. The lowest BCUT2D eigenvalue weighted by molar-refractivity contribution is -0.385. The number of carbonyl (C=O) groups excluding carboxylic acids is 3. The molecule has 0 bridgehead atoms. The van der Waals surface area contributed by atoms with Gasteiger partial charge in [-0.2, -0.15) is 0 Å². The van der Waals surface area contributed by atoms with Gasteiger partial charge >= 0.3 is 18.2 Å². The predicted octanol–water partition coefficient (Wildman–Crippen LogP) is 5.18. The molecule has 0 saturated heterocycles. The molecule has 214 valence electrons. The standard InChI is InChI=1S/C25H37Cl2N3O8/c1-24(2,3)37-21(31)15-19(28-22(32)38-25(4,5)6)14-18-13-17(7-8-20(18)30(34)35)16-36-23(33)29(11-9-26)12-10-27/h7-8,13,19H,9-12,14-16H2,1-6H3,(H,28,32). The lowest BCUT2D eigenvalue weighted by Crippen LogP contribution is -2.42. The summed E-state index contributed by atoms with van der Waals surface area (Å²) in [6, 6.07) is 3.37. The van der Waals surface area contributed by atoms with Crippen LogP contribution < -0.4 is 5.32 Å². The summed E-state index contributed by atoms with van der Waals surface area (Å²) in [6.07, 6.45) is -1.74. The number of nitro groups is 1. The van der Waals surface area contributed by atoms with Crippen LogP contribution in [0.1, 0.15) is 59.1 Å². The van der Waals surface area contributed by atoms with E-state index >= 15 is 0 Å². The maximum absolute atomic E-state index is 12.5. The fourth-order valence-electron chi connectivity index (χ4n) is 3.30. The van der Waals surface area contributed by atoms with E-state index in [9.17, 15) is 24.5 Å². The van der Waals surface area contributed by atoms with Gasteiger partial charge in [-0.15, -0.1) is 23.2 Å². The van der Waals surface area contributed by atoms with Crippen molar-refractivity contribution in [2.24, 2.45) is 0 Å². The highest BCUT2D eigenvalue weighted by Crippen LogP contribution is 2.24. The number of hydrogen-bond donors (Lipinski definition) is 1. The molecule has 1 atom stereocenters. The van der Waals surface area contributed by atoms with Crippen molar-refractivity contribution in [1.82, 2.24) is 10.2 Å². The van der Waals surface area contributed by atoms with E-state index in [2.05, 4.69) is 5.32 Å². The highest BCUT2D eigenvalue weighted by Gasteiger charge is 2.27. The summed E-state index contributed by atoms with van der Waals surface area (Å²) in [7, 11) is 0. The Morgan fingerprint density at radius 2 is 1.61 bits per heavy atom. The topological polar surface area (TPSA) is 137 Å². The van der Waals surface area contributed by atoms with E-state index in [1.807, 2.05) is 0 Å². The summed E-state index contributed by atoms with van der Waals surface area (Å²) in [4.78, 5) is 49.9. The van der Waals surface area contributed by atoms with E-state index < -0.39 is 40.3 Å². The fraction of sp³-hybridized carbons (Fsp3) is 0.640. The first-order chi connectivity index (χ1) is 17.5. The quantitative estimate of drug-likeness (QED) is 0.118. The largest absolute Gasteiger partial charge is 0.460 e. The third-order valence-corrected chi connectivity index (χ3v) is 5.03. The molecular formula is C25H37Cl2N3O8. The summed E-state index contributed by atoms with van der Waals surface area (Å²) in [5, 5.41) is 14.3. The average Bonchev–Trinajstić information content (AvgIpc) is 2.74. The number of alkyl carbamates (subject to hydrolysis) is 1. The maximum Gasteiger partial charge on any atom is 0.410 e. The molecular weight excluding hydrogens is 541 g/mol. The fourth-order valence-corrected chi connectivity index (χ4v) is 3.71. The minimum Gasteiger partial charge on any atom is -0.460 e. The van der Waals surface area contributed by atoms with E-state index in [1.165, 1.54) is 23.1 Å². The van der Waals surface area contributed by atoms with Crippen LogP contribution in [-0.2, 0) is 32.0 Å². The van der Waals surface area contributed by atoms with Crippen LogP contribution in [0.4, 0.5) is 15.3 Å². The molecule has 1 N–H and O–H groups in total. The molecule has 0 saturated carbocycles. The number of amides is 2. The van der Waals surface area contributed by atoms with Crippen molar-refractivity contribution in [3.8, 4) is 0 Å². The minimum atomic E-state index is -0.876. The van der Waals surface area contributed by atoms with Crippen molar-refractivity contribution in [2.45, 2.75) is 78.2 Å². The van der Waals surface area contributed by atoms with Crippen molar-refractivity contribution in [2.75, 3.05) is 24.8 Å². The number of esters is 1. The van der Waals surface area contributed by atoms with Crippen LogP contribution in [0.3, 0.4) is 0 Å². The van der Waals surface area contributed by atoms with Crippen LogP contribution in [0.25, 0.3) is 0 Å². The van der Waals surface area contributed by atoms with Crippen LogP contribution >= 0.6 is 23.2 Å². The van der Waals surface area contributed by atoms with Crippen LogP contribution in [0.15, 0.2) is 18.2 Å². The van der Waals surface area contributed by atoms with Crippen LogP contribution in [0, 0.1) is 10.1 Å². The molecule has 0 aliphatic carbocycles. The number of rotatable bonds is 12. The number of nitrogens with zero attached hydrogens (tertiary/aromatic N) is 2. The van der Waals surface area contributed by atoms with Gasteiger partial charge in [0.2, 0.25) is 0 Å². The SMILES string of the molecule is CC(C)(C)OC(=O)CC(Cc1cc(COC(=O)N(CCCl)CCCl)ccc1[N+](=O)[O-])NC(=O)OC(C)(C)C. The minimum absolute atomic E-state index is 0.0821. The molecule has 1 rings (SSSR count). The summed E-state index contributed by atoms with van der Waals surface area (Å²) in [5.41, 5.74) is -1.07.